The Labute approximate surface area is 121 Å². The Kier molecular flexibility index (Phi) is 4.46. The van der Waals surface area contributed by atoms with E-state index in [0.717, 1.165) is 0 Å². The van der Waals surface area contributed by atoms with Gasteiger partial charge in [0, 0.05) is 12.2 Å². The number of nitrogens with one attached hydrogen (secondary N) is 1. The van der Waals surface area contributed by atoms with Crippen LogP contribution in [0.15, 0.2) is 18.2 Å². The Hall–Kier alpha value is -1.79. The van der Waals surface area contributed by atoms with Gasteiger partial charge in [0.1, 0.15) is 0 Å². The molecule has 1 aliphatic rings. The molecule has 7 heteroatoms. The molecule has 0 radical (unpaired) electrons. The summed E-state index contributed by atoms with van der Waals surface area (Å²) < 4.78 is 5.26. The summed E-state index contributed by atoms with van der Waals surface area (Å²) in [4.78, 5) is 24.8. The third-order valence-electron chi connectivity index (χ3n) is 3.08. The zero-order valence-electron chi connectivity index (χ0n) is 10.9. The normalized spacial score (nSPS) is 18.7. The number of benzene rings is 1. The number of aromatic carboxylic acids is 1. The van der Waals surface area contributed by atoms with Gasteiger partial charge in [-0.1, -0.05) is 11.6 Å². The van der Waals surface area contributed by atoms with E-state index >= 15 is 0 Å². The summed E-state index contributed by atoms with van der Waals surface area (Å²) in [5.41, 5.74) is 0.356. The summed E-state index contributed by atoms with van der Waals surface area (Å²) in [7, 11) is 0. The smallest absolute Gasteiger partial charge is 0.337 e. The molecule has 2 N–H and O–H groups in total. The number of carbonyl (C=O) groups excluding carboxylic acids is 1. The number of carboxylic acids is 1. The highest BCUT2D eigenvalue weighted by atomic mass is 35.5. The molecule has 0 spiro atoms. The number of morpholine rings is 1. The van der Waals surface area contributed by atoms with Crippen LogP contribution >= 0.6 is 11.6 Å². The van der Waals surface area contributed by atoms with Crippen molar-refractivity contribution in [1.82, 2.24) is 4.90 Å². The van der Waals surface area contributed by atoms with E-state index in [-0.39, 0.29) is 22.7 Å². The number of amides is 2. The minimum atomic E-state index is -1.13. The van der Waals surface area contributed by atoms with E-state index in [0.29, 0.717) is 25.4 Å². The predicted molar refractivity (Wildman–Crippen MR) is 74.4 cm³/mol. The van der Waals surface area contributed by atoms with Gasteiger partial charge in [-0.25, -0.2) is 9.59 Å². The molecule has 1 fully saturated rings. The first-order valence-corrected chi connectivity index (χ1v) is 6.55. The highest BCUT2D eigenvalue weighted by molar-refractivity contribution is 6.33. The van der Waals surface area contributed by atoms with Gasteiger partial charge in [0.2, 0.25) is 0 Å². The van der Waals surface area contributed by atoms with Crippen molar-refractivity contribution in [2.45, 2.75) is 13.0 Å². The van der Waals surface area contributed by atoms with Crippen molar-refractivity contribution in [2.24, 2.45) is 0 Å². The van der Waals surface area contributed by atoms with E-state index in [2.05, 4.69) is 5.32 Å². The number of rotatable bonds is 2. The van der Waals surface area contributed by atoms with Crippen LogP contribution in [0.3, 0.4) is 0 Å². The van der Waals surface area contributed by atoms with E-state index in [1.807, 2.05) is 6.92 Å². The summed E-state index contributed by atoms with van der Waals surface area (Å²) in [6, 6.07) is 4.06. The first-order chi connectivity index (χ1) is 9.49. The van der Waals surface area contributed by atoms with Gasteiger partial charge in [-0.15, -0.1) is 0 Å². The Morgan fingerprint density at radius 2 is 2.25 bits per heavy atom. The van der Waals surface area contributed by atoms with Gasteiger partial charge in [-0.3, -0.25) is 0 Å². The lowest BCUT2D eigenvalue weighted by atomic mass is 10.2. The van der Waals surface area contributed by atoms with Crippen molar-refractivity contribution in [2.75, 3.05) is 25.1 Å². The third kappa shape index (κ3) is 3.20. The lowest BCUT2D eigenvalue weighted by molar-refractivity contribution is 0.0221. The molecule has 0 saturated carbocycles. The lowest BCUT2D eigenvalue weighted by Crippen LogP contribution is -2.48. The molecule has 1 heterocycles. The molecular formula is C13H15ClN2O4. The molecule has 0 aromatic heterocycles. The second kappa shape index (κ2) is 6.11. The van der Waals surface area contributed by atoms with Gasteiger partial charge in [-0.2, -0.15) is 0 Å². The molecule has 6 nitrogen and oxygen atoms in total. The maximum Gasteiger partial charge on any atom is 0.337 e. The molecule has 1 aromatic rings. The van der Waals surface area contributed by atoms with Gasteiger partial charge in [0.15, 0.2) is 0 Å². The van der Waals surface area contributed by atoms with Crippen LogP contribution in [-0.4, -0.2) is 47.8 Å². The fourth-order valence-corrected chi connectivity index (χ4v) is 2.19. The van der Waals surface area contributed by atoms with E-state index in [1.165, 1.54) is 12.1 Å². The van der Waals surface area contributed by atoms with Gasteiger partial charge in [0.05, 0.1) is 29.8 Å². The molecule has 1 aromatic carbocycles. The molecule has 1 aliphatic heterocycles. The zero-order chi connectivity index (χ0) is 14.7. The Morgan fingerprint density at radius 3 is 2.90 bits per heavy atom. The number of ether oxygens (including phenoxy) is 1. The molecule has 108 valence electrons. The number of urea groups is 1. The van der Waals surface area contributed by atoms with Crippen molar-refractivity contribution in [3.8, 4) is 0 Å². The third-order valence-corrected chi connectivity index (χ3v) is 3.41. The van der Waals surface area contributed by atoms with E-state index in [9.17, 15) is 9.59 Å². The van der Waals surface area contributed by atoms with Crippen LogP contribution in [0, 0.1) is 0 Å². The van der Waals surface area contributed by atoms with E-state index in [1.54, 1.807) is 11.0 Å². The monoisotopic (exact) mass is 298 g/mol. The number of halogens is 1. The first-order valence-electron chi connectivity index (χ1n) is 6.17. The lowest BCUT2D eigenvalue weighted by Gasteiger charge is -2.33. The summed E-state index contributed by atoms with van der Waals surface area (Å²) in [6.07, 6.45) is 0. The van der Waals surface area contributed by atoms with Crippen LogP contribution in [0.2, 0.25) is 5.02 Å². The molecular weight excluding hydrogens is 284 g/mol. The topological polar surface area (TPSA) is 78.9 Å². The maximum absolute atomic E-state index is 12.1. The minimum Gasteiger partial charge on any atom is -0.478 e. The highest BCUT2D eigenvalue weighted by Crippen LogP contribution is 2.21. The molecule has 2 rings (SSSR count). The fraction of sp³-hybridized carbons (Fsp3) is 0.385. The van der Waals surface area contributed by atoms with Crippen LogP contribution in [0.1, 0.15) is 17.3 Å². The molecule has 2 amide bonds. The Balaban J connectivity index is 2.11. The van der Waals surface area contributed by atoms with Crippen molar-refractivity contribution in [3.05, 3.63) is 28.8 Å². The molecule has 1 unspecified atom stereocenters. The van der Waals surface area contributed by atoms with Crippen molar-refractivity contribution in [3.63, 3.8) is 0 Å². The van der Waals surface area contributed by atoms with Crippen LogP contribution in [-0.2, 0) is 4.74 Å². The van der Waals surface area contributed by atoms with Gasteiger partial charge in [0.25, 0.3) is 0 Å². The average Bonchev–Trinajstić information content (AvgIpc) is 2.41. The number of hydrogen-bond donors (Lipinski definition) is 2. The molecule has 20 heavy (non-hydrogen) atoms. The quantitative estimate of drug-likeness (QED) is 0.878. The van der Waals surface area contributed by atoms with Crippen LogP contribution in [0.4, 0.5) is 10.5 Å². The summed E-state index contributed by atoms with van der Waals surface area (Å²) in [5, 5.41) is 11.8. The van der Waals surface area contributed by atoms with E-state index in [4.69, 9.17) is 21.4 Å². The zero-order valence-corrected chi connectivity index (χ0v) is 11.7. The second-order valence-electron chi connectivity index (χ2n) is 4.55. The van der Waals surface area contributed by atoms with Gasteiger partial charge < -0.3 is 20.1 Å². The SMILES string of the molecule is CC1COCCN1C(=O)Nc1ccc(Cl)c(C(=O)O)c1. The van der Waals surface area contributed by atoms with Crippen LogP contribution in [0.5, 0.6) is 0 Å². The molecule has 1 saturated heterocycles. The average molecular weight is 299 g/mol. The predicted octanol–water partition coefficient (Wildman–Crippen LogP) is 2.29. The highest BCUT2D eigenvalue weighted by Gasteiger charge is 2.24. The van der Waals surface area contributed by atoms with E-state index < -0.39 is 5.97 Å². The van der Waals surface area contributed by atoms with Crippen molar-refractivity contribution >= 4 is 29.3 Å². The molecule has 0 bridgehead atoms. The number of anilines is 1. The fourth-order valence-electron chi connectivity index (χ4n) is 1.99. The number of hydrogen-bond acceptors (Lipinski definition) is 3. The standard InChI is InChI=1S/C13H15ClN2O4/c1-8-7-20-5-4-16(8)13(19)15-9-2-3-11(14)10(6-9)12(17)18/h2-3,6,8H,4-5,7H2,1H3,(H,15,19)(H,17,18). The number of carbonyl (C=O) groups is 2. The summed E-state index contributed by atoms with van der Waals surface area (Å²) >= 11 is 5.78. The maximum atomic E-state index is 12.1. The molecule has 1 atom stereocenters. The summed E-state index contributed by atoms with van der Waals surface area (Å²) in [6.45, 7) is 3.39. The first kappa shape index (κ1) is 14.6. The minimum absolute atomic E-state index is 0.0185. The Morgan fingerprint density at radius 1 is 1.50 bits per heavy atom. The summed E-state index contributed by atoms with van der Waals surface area (Å²) in [5.74, 6) is -1.13. The van der Waals surface area contributed by atoms with Crippen LogP contribution in [0.25, 0.3) is 0 Å². The Bertz CT molecular complexity index is 535. The van der Waals surface area contributed by atoms with Crippen molar-refractivity contribution < 1.29 is 19.4 Å². The second-order valence-corrected chi connectivity index (χ2v) is 4.95. The number of carboxylic acid groups (broad SMARTS) is 1. The van der Waals surface area contributed by atoms with Crippen LogP contribution < -0.4 is 5.32 Å². The molecule has 0 aliphatic carbocycles. The number of nitrogens with zero attached hydrogens (tertiary/aromatic N) is 1. The van der Waals surface area contributed by atoms with Gasteiger partial charge in [-0.05, 0) is 25.1 Å². The van der Waals surface area contributed by atoms with Crippen molar-refractivity contribution in [1.29, 1.82) is 0 Å². The van der Waals surface area contributed by atoms with Gasteiger partial charge >= 0.3 is 12.0 Å². The largest absolute Gasteiger partial charge is 0.478 e.